The van der Waals surface area contributed by atoms with Crippen LogP contribution in [0.1, 0.15) is 16.8 Å². The monoisotopic (exact) mass is 268 g/mol. The summed E-state index contributed by atoms with van der Waals surface area (Å²) in [6.07, 6.45) is 0. The molecule has 92 valence electrons. The molecular weight excluding hydrogens is 252 g/mol. The van der Waals surface area contributed by atoms with Crippen molar-refractivity contribution >= 4 is 34.8 Å². The largest absolute Gasteiger partial charge is 0.389 e. The molecule has 0 bridgehead atoms. The summed E-state index contributed by atoms with van der Waals surface area (Å²) in [6, 6.07) is 0. The zero-order chi connectivity index (χ0) is 12.4. The zero-order valence-corrected chi connectivity index (χ0v) is 11.7. The predicted octanol–water partition coefficient (Wildman–Crippen LogP) is 1.28. The SMILES string of the molecule is Cc1nnc(N2CCSCC2)c(C(N)=S)c1C. The van der Waals surface area contributed by atoms with Crippen LogP contribution in [0.4, 0.5) is 5.82 Å². The lowest BCUT2D eigenvalue weighted by atomic mass is 10.1. The molecule has 1 aromatic heterocycles. The number of aromatic nitrogens is 2. The topological polar surface area (TPSA) is 55.0 Å². The number of nitrogens with zero attached hydrogens (tertiary/aromatic N) is 3. The number of thioether (sulfide) groups is 1. The molecule has 2 rings (SSSR count). The van der Waals surface area contributed by atoms with Crippen LogP contribution in [-0.2, 0) is 0 Å². The Bertz CT molecular complexity index is 441. The molecule has 0 spiro atoms. The fourth-order valence-electron chi connectivity index (χ4n) is 1.89. The maximum Gasteiger partial charge on any atom is 0.161 e. The first-order valence-corrected chi connectivity index (χ1v) is 7.14. The van der Waals surface area contributed by atoms with Gasteiger partial charge in [-0.2, -0.15) is 16.9 Å². The van der Waals surface area contributed by atoms with E-state index < -0.39 is 0 Å². The van der Waals surface area contributed by atoms with Gasteiger partial charge in [-0.25, -0.2) is 0 Å². The van der Waals surface area contributed by atoms with Crippen LogP contribution >= 0.6 is 24.0 Å². The lowest BCUT2D eigenvalue weighted by Gasteiger charge is -2.29. The van der Waals surface area contributed by atoms with Crippen molar-refractivity contribution < 1.29 is 0 Å². The molecule has 6 heteroatoms. The summed E-state index contributed by atoms with van der Waals surface area (Å²) in [7, 11) is 0. The Morgan fingerprint density at radius 1 is 1.29 bits per heavy atom. The molecule has 4 nitrogen and oxygen atoms in total. The minimum absolute atomic E-state index is 0.411. The molecule has 1 fully saturated rings. The minimum Gasteiger partial charge on any atom is -0.389 e. The molecule has 0 radical (unpaired) electrons. The second kappa shape index (κ2) is 5.18. The van der Waals surface area contributed by atoms with Gasteiger partial charge in [-0.15, -0.1) is 5.10 Å². The van der Waals surface area contributed by atoms with Crippen molar-refractivity contribution in [1.29, 1.82) is 0 Å². The first-order valence-electron chi connectivity index (χ1n) is 5.57. The van der Waals surface area contributed by atoms with Gasteiger partial charge in [-0.05, 0) is 19.4 Å². The predicted molar refractivity (Wildman–Crippen MR) is 76.9 cm³/mol. The van der Waals surface area contributed by atoms with Crippen molar-refractivity contribution in [3.63, 3.8) is 0 Å². The molecule has 17 heavy (non-hydrogen) atoms. The summed E-state index contributed by atoms with van der Waals surface area (Å²) in [5.74, 6) is 3.08. The van der Waals surface area contributed by atoms with Gasteiger partial charge in [0.15, 0.2) is 5.82 Å². The molecule has 1 aliphatic rings. The number of hydrogen-bond acceptors (Lipinski definition) is 5. The summed E-state index contributed by atoms with van der Waals surface area (Å²) >= 11 is 7.11. The highest BCUT2D eigenvalue weighted by molar-refractivity contribution is 7.99. The number of aryl methyl sites for hydroxylation is 1. The smallest absolute Gasteiger partial charge is 0.161 e. The van der Waals surface area contributed by atoms with Crippen molar-refractivity contribution in [2.24, 2.45) is 5.73 Å². The van der Waals surface area contributed by atoms with Gasteiger partial charge in [0.2, 0.25) is 0 Å². The van der Waals surface area contributed by atoms with Gasteiger partial charge in [0.05, 0.1) is 11.3 Å². The number of rotatable bonds is 2. The van der Waals surface area contributed by atoms with Gasteiger partial charge in [-0.3, -0.25) is 0 Å². The lowest BCUT2D eigenvalue weighted by Crippen LogP contribution is -2.35. The van der Waals surface area contributed by atoms with E-state index in [4.69, 9.17) is 18.0 Å². The van der Waals surface area contributed by atoms with Crippen LogP contribution in [0.25, 0.3) is 0 Å². The third kappa shape index (κ3) is 2.52. The van der Waals surface area contributed by atoms with E-state index in [9.17, 15) is 0 Å². The Morgan fingerprint density at radius 2 is 1.94 bits per heavy atom. The van der Waals surface area contributed by atoms with Crippen LogP contribution in [0.5, 0.6) is 0 Å². The van der Waals surface area contributed by atoms with Crippen molar-refractivity contribution in [3.05, 3.63) is 16.8 Å². The molecule has 1 aliphatic heterocycles. The highest BCUT2D eigenvalue weighted by Gasteiger charge is 2.20. The molecule has 0 aromatic carbocycles. The van der Waals surface area contributed by atoms with Gasteiger partial charge in [0.25, 0.3) is 0 Å². The van der Waals surface area contributed by atoms with E-state index in [-0.39, 0.29) is 0 Å². The maximum absolute atomic E-state index is 5.82. The van der Waals surface area contributed by atoms with Gasteiger partial charge >= 0.3 is 0 Å². The molecule has 0 aliphatic carbocycles. The van der Waals surface area contributed by atoms with Gasteiger partial charge < -0.3 is 10.6 Å². The zero-order valence-electron chi connectivity index (χ0n) is 10.1. The highest BCUT2D eigenvalue weighted by atomic mass is 32.2. The third-order valence-corrected chi connectivity index (χ3v) is 4.14. The Balaban J connectivity index is 2.45. The second-order valence-corrected chi connectivity index (χ2v) is 5.74. The van der Waals surface area contributed by atoms with Crippen LogP contribution in [0.3, 0.4) is 0 Å². The van der Waals surface area contributed by atoms with E-state index in [2.05, 4.69) is 15.1 Å². The fourth-order valence-corrected chi connectivity index (χ4v) is 3.03. The molecule has 0 atom stereocenters. The van der Waals surface area contributed by atoms with E-state index in [1.165, 1.54) is 0 Å². The minimum atomic E-state index is 0.411. The quantitative estimate of drug-likeness (QED) is 0.816. The van der Waals surface area contributed by atoms with Crippen molar-refractivity contribution in [1.82, 2.24) is 10.2 Å². The number of hydrogen-bond donors (Lipinski definition) is 1. The Hall–Kier alpha value is -0.880. The van der Waals surface area contributed by atoms with Crippen molar-refractivity contribution in [2.75, 3.05) is 29.5 Å². The molecular formula is C11H16N4S2. The summed E-state index contributed by atoms with van der Waals surface area (Å²) in [5.41, 5.74) is 8.65. The Labute approximate surface area is 111 Å². The third-order valence-electron chi connectivity index (χ3n) is 2.99. The van der Waals surface area contributed by atoms with E-state index in [0.717, 1.165) is 47.2 Å². The van der Waals surface area contributed by atoms with E-state index in [1.807, 2.05) is 25.6 Å². The number of nitrogens with two attached hydrogens (primary N) is 1. The first-order chi connectivity index (χ1) is 8.11. The molecule has 0 amide bonds. The van der Waals surface area contributed by atoms with E-state index in [1.54, 1.807) is 0 Å². The standard InChI is InChI=1S/C11H16N4S2/c1-7-8(2)13-14-11(9(7)10(12)16)15-3-5-17-6-4-15/h3-6H2,1-2H3,(H2,12,16). The second-order valence-electron chi connectivity index (χ2n) is 4.07. The van der Waals surface area contributed by atoms with Gasteiger partial charge in [0.1, 0.15) is 4.99 Å². The molecule has 2 N–H and O–H groups in total. The molecule has 2 heterocycles. The van der Waals surface area contributed by atoms with Crippen LogP contribution in [0, 0.1) is 13.8 Å². The summed E-state index contributed by atoms with van der Waals surface area (Å²) in [6.45, 7) is 5.90. The van der Waals surface area contributed by atoms with E-state index in [0.29, 0.717) is 4.99 Å². The van der Waals surface area contributed by atoms with Crippen LogP contribution in [-0.4, -0.2) is 39.8 Å². The average molecular weight is 268 g/mol. The average Bonchev–Trinajstić information content (AvgIpc) is 2.33. The lowest BCUT2D eigenvalue weighted by molar-refractivity contribution is 0.807. The summed E-state index contributed by atoms with van der Waals surface area (Å²) in [5, 5.41) is 8.47. The molecule has 0 saturated carbocycles. The Kier molecular flexibility index (Phi) is 3.83. The van der Waals surface area contributed by atoms with Gasteiger partial charge in [-0.1, -0.05) is 12.2 Å². The summed E-state index contributed by atoms with van der Waals surface area (Å²) < 4.78 is 0. The maximum atomic E-state index is 5.82. The van der Waals surface area contributed by atoms with Gasteiger partial charge in [0, 0.05) is 24.6 Å². The fraction of sp³-hybridized carbons (Fsp3) is 0.545. The molecule has 1 saturated heterocycles. The highest BCUT2D eigenvalue weighted by Crippen LogP contribution is 2.24. The number of thiocarbonyl (C=S) groups is 1. The van der Waals surface area contributed by atoms with Crippen molar-refractivity contribution in [2.45, 2.75) is 13.8 Å². The molecule has 1 aromatic rings. The molecule has 0 unspecified atom stereocenters. The normalized spacial score (nSPS) is 16.0. The number of anilines is 1. The van der Waals surface area contributed by atoms with Crippen molar-refractivity contribution in [3.8, 4) is 0 Å². The van der Waals surface area contributed by atoms with Crippen LogP contribution < -0.4 is 10.6 Å². The van der Waals surface area contributed by atoms with E-state index >= 15 is 0 Å². The Morgan fingerprint density at radius 3 is 2.53 bits per heavy atom. The van der Waals surface area contributed by atoms with Crippen LogP contribution in [0.2, 0.25) is 0 Å². The summed E-state index contributed by atoms with van der Waals surface area (Å²) in [4.78, 5) is 2.64. The first kappa shape index (κ1) is 12.6. The van der Waals surface area contributed by atoms with Crippen LogP contribution in [0.15, 0.2) is 0 Å².